The molecule has 0 saturated carbocycles. The fourth-order valence-electron chi connectivity index (χ4n) is 1.75. The number of hydrogen-bond acceptors (Lipinski definition) is 2. The Kier molecular flexibility index (Phi) is 4.91. The summed E-state index contributed by atoms with van der Waals surface area (Å²) in [6.07, 6.45) is 0.377. The minimum absolute atomic E-state index is 0.140. The highest BCUT2D eigenvalue weighted by Gasteiger charge is 2.05. The van der Waals surface area contributed by atoms with Crippen molar-refractivity contribution in [3.63, 3.8) is 0 Å². The maximum Gasteiger partial charge on any atom is 0.255 e. The molecule has 20 heavy (non-hydrogen) atoms. The van der Waals surface area contributed by atoms with Crippen LogP contribution >= 0.6 is 15.9 Å². The van der Waals surface area contributed by atoms with E-state index in [2.05, 4.69) is 27.3 Å². The number of nitriles is 1. The smallest absolute Gasteiger partial charge is 0.255 e. The lowest BCUT2D eigenvalue weighted by Crippen LogP contribution is -2.11. The van der Waals surface area contributed by atoms with E-state index in [0.29, 0.717) is 12.0 Å². The number of carbonyl (C=O) groups is 1. The predicted octanol–water partition coefficient (Wildman–Crippen LogP) is 3.90. The van der Waals surface area contributed by atoms with Crippen LogP contribution in [0.4, 0.5) is 5.69 Å². The van der Waals surface area contributed by atoms with E-state index < -0.39 is 0 Å². The van der Waals surface area contributed by atoms with Crippen LogP contribution in [-0.4, -0.2) is 5.91 Å². The number of nitrogens with zero attached hydrogens (tertiary/aromatic N) is 1. The topological polar surface area (TPSA) is 52.9 Å². The molecular formula is C16H13BrN2O. The molecule has 1 N–H and O–H groups in total. The molecule has 0 aliphatic rings. The summed E-state index contributed by atoms with van der Waals surface area (Å²) >= 11 is 3.37. The van der Waals surface area contributed by atoms with Gasteiger partial charge in [0.2, 0.25) is 0 Å². The quantitative estimate of drug-likeness (QED) is 0.865. The molecule has 0 atom stereocenters. The zero-order valence-electron chi connectivity index (χ0n) is 10.8. The summed E-state index contributed by atoms with van der Waals surface area (Å²) in [5.41, 5.74) is 3.41. The van der Waals surface area contributed by atoms with Crippen LogP contribution in [0.5, 0.6) is 0 Å². The molecule has 0 aliphatic heterocycles. The Morgan fingerprint density at radius 3 is 2.20 bits per heavy atom. The van der Waals surface area contributed by atoms with E-state index in [0.717, 1.165) is 22.1 Å². The fraction of sp³-hybridized carbons (Fsp3) is 0.125. The first-order chi connectivity index (χ1) is 9.72. The second kappa shape index (κ2) is 6.88. The Morgan fingerprint density at radius 2 is 1.65 bits per heavy atom. The third kappa shape index (κ3) is 3.69. The second-order valence-electron chi connectivity index (χ2n) is 4.32. The Balaban J connectivity index is 2.05. The highest BCUT2D eigenvalue weighted by molar-refractivity contribution is 9.08. The standard InChI is InChI=1S/C16H13BrN2O/c17-11-13-1-5-14(6-2-13)16(20)19-15-7-3-12(4-8-15)9-10-18/h1-8H,9,11H2,(H,19,20). The Morgan fingerprint density at radius 1 is 1.05 bits per heavy atom. The van der Waals surface area contributed by atoms with E-state index in [-0.39, 0.29) is 5.91 Å². The van der Waals surface area contributed by atoms with E-state index in [4.69, 9.17) is 5.26 Å². The molecule has 0 aliphatic carbocycles. The molecule has 0 spiro atoms. The summed E-state index contributed by atoms with van der Waals surface area (Å²) in [4.78, 5) is 12.0. The van der Waals surface area contributed by atoms with Crippen LogP contribution in [0.25, 0.3) is 0 Å². The number of halogens is 1. The van der Waals surface area contributed by atoms with Crippen LogP contribution in [0.15, 0.2) is 48.5 Å². The summed E-state index contributed by atoms with van der Waals surface area (Å²) in [5.74, 6) is -0.140. The van der Waals surface area contributed by atoms with Gasteiger partial charge in [0.05, 0.1) is 12.5 Å². The van der Waals surface area contributed by atoms with Gasteiger partial charge in [-0.15, -0.1) is 0 Å². The van der Waals surface area contributed by atoms with Crippen molar-refractivity contribution in [3.05, 3.63) is 65.2 Å². The monoisotopic (exact) mass is 328 g/mol. The van der Waals surface area contributed by atoms with Crippen LogP contribution in [0.3, 0.4) is 0 Å². The van der Waals surface area contributed by atoms with Crippen molar-refractivity contribution < 1.29 is 4.79 Å². The molecule has 2 rings (SSSR count). The molecule has 100 valence electrons. The van der Waals surface area contributed by atoms with Crippen LogP contribution in [0, 0.1) is 11.3 Å². The lowest BCUT2D eigenvalue weighted by molar-refractivity contribution is 0.102. The summed E-state index contributed by atoms with van der Waals surface area (Å²) in [6.45, 7) is 0. The molecular weight excluding hydrogens is 316 g/mol. The largest absolute Gasteiger partial charge is 0.322 e. The van der Waals surface area contributed by atoms with Gasteiger partial charge in [-0.3, -0.25) is 4.79 Å². The van der Waals surface area contributed by atoms with Gasteiger partial charge in [0.15, 0.2) is 0 Å². The number of alkyl halides is 1. The predicted molar refractivity (Wildman–Crippen MR) is 82.8 cm³/mol. The van der Waals surface area contributed by atoms with Crippen molar-refractivity contribution in [2.45, 2.75) is 11.8 Å². The molecule has 4 heteroatoms. The molecule has 0 saturated heterocycles. The SMILES string of the molecule is N#CCc1ccc(NC(=O)c2ccc(CBr)cc2)cc1. The van der Waals surface area contributed by atoms with Gasteiger partial charge in [-0.2, -0.15) is 5.26 Å². The third-order valence-electron chi connectivity index (χ3n) is 2.87. The van der Waals surface area contributed by atoms with Gasteiger partial charge in [-0.25, -0.2) is 0 Å². The third-order valence-corrected chi connectivity index (χ3v) is 3.51. The van der Waals surface area contributed by atoms with Gasteiger partial charge in [0.25, 0.3) is 5.91 Å². The van der Waals surface area contributed by atoms with Gasteiger partial charge in [0, 0.05) is 16.6 Å². The first kappa shape index (κ1) is 14.3. The number of amides is 1. The zero-order chi connectivity index (χ0) is 14.4. The molecule has 2 aromatic carbocycles. The van der Waals surface area contributed by atoms with Crippen LogP contribution < -0.4 is 5.32 Å². The molecule has 3 nitrogen and oxygen atoms in total. The minimum atomic E-state index is -0.140. The van der Waals surface area contributed by atoms with E-state index in [9.17, 15) is 4.79 Å². The number of hydrogen-bond donors (Lipinski definition) is 1. The molecule has 0 fully saturated rings. The molecule has 0 heterocycles. The van der Waals surface area contributed by atoms with E-state index in [1.165, 1.54) is 0 Å². The minimum Gasteiger partial charge on any atom is -0.322 e. The highest BCUT2D eigenvalue weighted by Crippen LogP contribution is 2.13. The van der Waals surface area contributed by atoms with Crippen molar-refractivity contribution in [1.82, 2.24) is 0 Å². The molecule has 0 unspecified atom stereocenters. The first-order valence-corrected chi connectivity index (χ1v) is 7.27. The highest BCUT2D eigenvalue weighted by atomic mass is 79.9. The molecule has 1 amide bonds. The molecule has 0 bridgehead atoms. The molecule has 0 aromatic heterocycles. The number of benzene rings is 2. The molecule has 0 radical (unpaired) electrons. The summed E-state index contributed by atoms with van der Waals surface area (Å²) < 4.78 is 0. The maximum atomic E-state index is 12.0. The summed E-state index contributed by atoms with van der Waals surface area (Å²) in [6, 6.07) is 16.8. The lowest BCUT2D eigenvalue weighted by Gasteiger charge is -2.06. The van der Waals surface area contributed by atoms with E-state index >= 15 is 0 Å². The van der Waals surface area contributed by atoms with E-state index in [1.807, 2.05) is 24.3 Å². The Labute approximate surface area is 126 Å². The van der Waals surface area contributed by atoms with Crippen molar-refractivity contribution in [1.29, 1.82) is 5.26 Å². The average Bonchev–Trinajstić information content (AvgIpc) is 2.49. The Hall–Kier alpha value is -2.12. The molecule has 2 aromatic rings. The average molecular weight is 329 g/mol. The number of carbonyl (C=O) groups excluding carboxylic acids is 1. The van der Waals surface area contributed by atoms with Gasteiger partial charge in [-0.1, -0.05) is 40.2 Å². The van der Waals surface area contributed by atoms with Gasteiger partial charge >= 0.3 is 0 Å². The van der Waals surface area contributed by atoms with Gasteiger partial charge in [-0.05, 0) is 35.4 Å². The normalized spacial score (nSPS) is 9.80. The van der Waals surface area contributed by atoms with Gasteiger partial charge < -0.3 is 5.32 Å². The van der Waals surface area contributed by atoms with Crippen LogP contribution in [0.1, 0.15) is 21.5 Å². The first-order valence-electron chi connectivity index (χ1n) is 6.15. The number of rotatable bonds is 4. The summed E-state index contributed by atoms with van der Waals surface area (Å²) in [7, 11) is 0. The second-order valence-corrected chi connectivity index (χ2v) is 4.88. The number of anilines is 1. The van der Waals surface area contributed by atoms with Crippen molar-refractivity contribution in [3.8, 4) is 6.07 Å². The van der Waals surface area contributed by atoms with Crippen LogP contribution in [-0.2, 0) is 11.8 Å². The summed E-state index contributed by atoms with van der Waals surface area (Å²) in [5, 5.41) is 12.2. The maximum absolute atomic E-state index is 12.0. The fourth-order valence-corrected chi connectivity index (χ4v) is 2.12. The lowest BCUT2D eigenvalue weighted by atomic mass is 10.1. The van der Waals surface area contributed by atoms with E-state index in [1.54, 1.807) is 24.3 Å². The Bertz CT molecular complexity index is 627. The zero-order valence-corrected chi connectivity index (χ0v) is 12.4. The van der Waals surface area contributed by atoms with Crippen LogP contribution in [0.2, 0.25) is 0 Å². The van der Waals surface area contributed by atoms with Crippen molar-refractivity contribution >= 4 is 27.5 Å². The van der Waals surface area contributed by atoms with Crippen molar-refractivity contribution in [2.75, 3.05) is 5.32 Å². The number of nitrogens with one attached hydrogen (secondary N) is 1. The van der Waals surface area contributed by atoms with Crippen molar-refractivity contribution in [2.24, 2.45) is 0 Å². The van der Waals surface area contributed by atoms with Gasteiger partial charge in [0.1, 0.15) is 0 Å².